The maximum atomic E-state index is 11.2. The number of hydrogen-bond acceptors (Lipinski definition) is 6. The van der Waals surface area contributed by atoms with Crippen LogP contribution in [0.15, 0.2) is 89.5 Å². The van der Waals surface area contributed by atoms with Gasteiger partial charge in [0.15, 0.2) is 5.11 Å². The zero-order valence-electron chi connectivity index (χ0n) is 17.2. The fraction of sp³-hybridized carbons (Fsp3) is 0.0833. The molecule has 0 bridgehead atoms. The molecule has 1 aliphatic rings. The van der Waals surface area contributed by atoms with Crippen molar-refractivity contribution >= 4 is 28.7 Å². The molecule has 5 rings (SSSR count). The normalized spacial score (nSPS) is 17.7. The van der Waals surface area contributed by atoms with Gasteiger partial charge in [0.25, 0.3) is 5.69 Å². The molecule has 33 heavy (non-hydrogen) atoms. The van der Waals surface area contributed by atoms with Crippen LogP contribution in [0.1, 0.15) is 23.5 Å². The standard InChI is InChI=1S/C24H18N4O4S/c29-19-10-2-1-9-18(19)27-23(22(26-24(27)33)17-8-3-4-13-25-17)21-12-11-20(32-21)15-6-5-7-16(14-15)28(30)31/h1-14,22-23,29H,(H,26,33). The molecule has 0 radical (unpaired) electrons. The molecule has 164 valence electrons. The van der Waals surface area contributed by atoms with Gasteiger partial charge in [-0.15, -0.1) is 0 Å². The van der Waals surface area contributed by atoms with Crippen molar-refractivity contribution in [3.05, 3.63) is 107 Å². The number of nitro benzene ring substituents is 1. The first kappa shape index (κ1) is 20.7. The van der Waals surface area contributed by atoms with E-state index in [1.54, 1.807) is 47.5 Å². The second kappa shape index (κ2) is 8.36. The molecule has 0 saturated carbocycles. The van der Waals surface area contributed by atoms with E-state index in [1.807, 2.05) is 30.3 Å². The summed E-state index contributed by atoms with van der Waals surface area (Å²) in [6, 6.07) is 21.6. The van der Waals surface area contributed by atoms with Crippen LogP contribution in [0.2, 0.25) is 0 Å². The number of phenols is 1. The Morgan fingerprint density at radius 1 is 1.06 bits per heavy atom. The molecule has 1 saturated heterocycles. The highest BCUT2D eigenvalue weighted by Gasteiger charge is 2.43. The number of benzene rings is 2. The lowest BCUT2D eigenvalue weighted by Gasteiger charge is -2.26. The monoisotopic (exact) mass is 458 g/mol. The highest BCUT2D eigenvalue weighted by atomic mass is 32.1. The number of aromatic nitrogens is 1. The molecular formula is C24H18N4O4S. The van der Waals surface area contributed by atoms with E-state index in [9.17, 15) is 15.2 Å². The first-order chi connectivity index (χ1) is 16.0. The number of furan rings is 1. The average Bonchev–Trinajstić information content (AvgIpc) is 3.45. The zero-order valence-corrected chi connectivity index (χ0v) is 18.0. The molecule has 0 aliphatic carbocycles. The van der Waals surface area contributed by atoms with Crippen LogP contribution in [0.25, 0.3) is 11.3 Å². The number of nitrogens with one attached hydrogen (secondary N) is 1. The first-order valence-electron chi connectivity index (χ1n) is 10.2. The van der Waals surface area contributed by atoms with E-state index in [4.69, 9.17) is 16.6 Å². The lowest BCUT2D eigenvalue weighted by atomic mass is 10.0. The van der Waals surface area contributed by atoms with Crippen LogP contribution < -0.4 is 10.2 Å². The van der Waals surface area contributed by atoms with Crippen LogP contribution in [-0.2, 0) is 0 Å². The van der Waals surface area contributed by atoms with Crippen LogP contribution in [-0.4, -0.2) is 20.1 Å². The fourth-order valence-electron chi connectivity index (χ4n) is 4.01. The van der Waals surface area contributed by atoms with Crippen LogP contribution in [0.4, 0.5) is 11.4 Å². The number of aromatic hydroxyl groups is 1. The maximum Gasteiger partial charge on any atom is 0.270 e. The lowest BCUT2D eigenvalue weighted by molar-refractivity contribution is -0.384. The molecule has 1 fully saturated rings. The van der Waals surface area contributed by atoms with Gasteiger partial charge >= 0.3 is 0 Å². The van der Waals surface area contributed by atoms with Crippen LogP contribution in [0, 0.1) is 10.1 Å². The largest absolute Gasteiger partial charge is 0.506 e. The maximum absolute atomic E-state index is 11.2. The van der Waals surface area contributed by atoms with E-state index >= 15 is 0 Å². The molecule has 3 heterocycles. The van der Waals surface area contributed by atoms with Crippen molar-refractivity contribution in [3.8, 4) is 17.1 Å². The molecule has 0 spiro atoms. The van der Waals surface area contributed by atoms with Gasteiger partial charge in [-0.3, -0.25) is 15.1 Å². The number of rotatable bonds is 5. The summed E-state index contributed by atoms with van der Waals surface area (Å²) in [4.78, 5) is 17.0. The summed E-state index contributed by atoms with van der Waals surface area (Å²) < 4.78 is 6.21. The minimum Gasteiger partial charge on any atom is -0.506 e. The van der Waals surface area contributed by atoms with Crippen molar-refractivity contribution < 1.29 is 14.4 Å². The van der Waals surface area contributed by atoms with Crippen LogP contribution in [0.3, 0.4) is 0 Å². The summed E-state index contributed by atoms with van der Waals surface area (Å²) in [5.41, 5.74) is 1.87. The molecule has 0 amide bonds. The number of para-hydroxylation sites is 2. The molecule has 2 aromatic heterocycles. The number of phenolic OH excluding ortho intramolecular Hbond substituents is 1. The minimum absolute atomic E-state index is 0.0173. The smallest absolute Gasteiger partial charge is 0.270 e. The van der Waals surface area contributed by atoms with Gasteiger partial charge in [-0.25, -0.2) is 0 Å². The molecule has 2 unspecified atom stereocenters. The summed E-state index contributed by atoms with van der Waals surface area (Å²) >= 11 is 5.64. The van der Waals surface area contributed by atoms with Gasteiger partial charge in [-0.2, -0.15) is 0 Å². The minimum atomic E-state index is -0.451. The third-order valence-electron chi connectivity index (χ3n) is 5.50. The zero-order chi connectivity index (χ0) is 22.9. The number of thiocarbonyl (C=S) groups is 1. The Morgan fingerprint density at radius 2 is 1.88 bits per heavy atom. The highest BCUT2D eigenvalue weighted by molar-refractivity contribution is 7.80. The van der Waals surface area contributed by atoms with Crippen molar-refractivity contribution in [2.75, 3.05) is 4.90 Å². The van der Waals surface area contributed by atoms with Crippen molar-refractivity contribution in [2.45, 2.75) is 12.1 Å². The quantitative estimate of drug-likeness (QED) is 0.241. The Balaban J connectivity index is 1.60. The van der Waals surface area contributed by atoms with E-state index in [-0.39, 0.29) is 17.5 Å². The second-order valence-corrected chi connectivity index (χ2v) is 7.88. The Morgan fingerprint density at radius 3 is 2.64 bits per heavy atom. The van der Waals surface area contributed by atoms with Crippen molar-refractivity contribution in [2.24, 2.45) is 0 Å². The van der Waals surface area contributed by atoms with Crippen molar-refractivity contribution in [1.82, 2.24) is 10.3 Å². The molecule has 2 N–H and O–H groups in total. The predicted molar refractivity (Wildman–Crippen MR) is 127 cm³/mol. The third kappa shape index (κ3) is 3.79. The van der Waals surface area contributed by atoms with Crippen molar-refractivity contribution in [1.29, 1.82) is 0 Å². The van der Waals surface area contributed by atoms with Gasteiger partial charge in [0.2, 0.25) is 0 Å². The topological polar surface area (TPSA) is 105 Å². The number of nitro groups is 1. The number of pyridine rings is 1. The van der Waals surface area contributed by atoms with Gasteiger partial charge in [-0.05, 0) is 48.6 Å². The summed E-state index contributed by atoms with van der Waals surface area (Å²) in [7, 11) is 0. The molecule has 1 aliphatic heterocycles. The van der Waals surface area contributed by atoms with Gasteiger partial charge < -0.3 is 19.7 Å². The third-order valence-corrected chi connectivity index (χ3v) is 5.81. The SMILES string of the molecule is O=[N+]([O-])c1cccc(-c2ccc(C3C(c4ccccn4)NC(=S)N3c3ccccc3O)o2)c1. The summed E-state index contributed by atoms with van der Waals surface area (Å²) in [5, 5.41) is 25.4. The van der Waals surface area contributed by atoms with Gasteiger partial charge in [0, 0.05) is 23.9 Å². The van der Waals surface area contributed by atoms with Gasteiger partial charge in [-0.1, -0.05) is 30.3 Å². The molecule has 8 nitrogen and oxygen atoms in total. The fourth-order valence-corrected chi connectivity index (χ4v) is 4.35. The highest BCUT2D eigenvalue weighted by Crippen LogP contribution is 2.45. The average molecular weight is 458 g/mol. The van der Waals surface area contributed by atoms with E-state index in [1.165, 1.54) is 12.1 Å². The number of non-ortho nitro benzene ring substituents is 1. The first-order valence-corrected chi connectivity index (χ1v) is 10.6. The molecule has 9 heteroatoms. The summed E-state index contributed by atoms with van der Waals surface area (Å²) in [5.74, 6) is 1.14. The van der Waals surface area contributed by atoms with E-state index in [0.717, 1.165) is 5.69 Å². The number of nitrogens with zero attached hydrogens (tertiary/aromatic N) is 3. The van der Waals surface area contributed by atoms with Gasteiger partial charge in [0.1, 0.15) is 23.3 Å². The van der Waals surface area contributed by atoms with Crippen LogP contribution >= 0.6 is 12.2 Å². The molecule has 2 atom stereocenters. The van der Waals surface area contributed by atoms with Crippen molar-refractivity contribution in [3.63, 3.8) is 0 Å². The van der Waals surface area contributed by atoms with Crippen LogP contribution in [0.5, 0.6) is 5.75 Å². The number of anilines is 1. The Hall–Kier alpha value is -4.24. The number of hydrogen-bond donors (Lipinski definition) is 2. The second-order valence-electron chi connectivity index (χ2n) is 7.49. The molecule has 2 aromatic carbocycles. The molecule has 4 aromatic rings. The summed E-state index contributed by atoms with van der Waals surface area (Å²) in [6.45, 7) is 0. The van der Waals surface area contributed by atoms with Gasteiger partial charge in [0.05, 0.1) is 22.3 Å². The summed E-state index contributed by atoms with van der Waals surface area (Å²) in [6.07, 6.45) is 1.70. The Bertz CT molecular complexity index is 1340. The van der Waals surface area contributed by atoms with E-state index < -0.39 is 11.0 Å². The Kier molecular flexibility index (Phi) is 5.23. The lowest BCUT2D eigenvalue weighted by Crippen LogP contribution is -2.29. The van der Waals surface area contributed by atoms with E-state index in [2.05, 4.69) is 10.3 Å². The molecular weight excluding hydrogens is 440 g/mol. The van der Waals surface area contributed by atoms with E-state index in [0.29, 0.717) is 27.9 Å². The predicted octanol–water partition coefficient (Wildman–Crippen LogP) is 5.13. The Labute approximate surface area is 194 Å².